The molecule has 1 saturated heterocycles. The van der Waals surface area contributed by atoms with E-state index in [0.29, 0.717) is 6.04 Å². The molecule has 0 spiro atoms. The second-order valence-corrected chi connectivity index (χ2v) is 3.74. The molecule has 3 nitrogen and oxygen atoms in total. The third-order valence-corrected chi connectivity index (χ3v) is 2.87. The van der Waals surface area contributed by atoms with Gasteiger partial charge in [0, 0.05) is 17.8 Å². The Hall–Kier alpha value is -1.09. The predicted molar refractivity (Wildman–Crippen MR) is 55.4 cm³/mol. The third kappa shape index (κ3) is 1.60. The van der Waals surface area contributed by atoms with Gasteiger partial charge in [-0.3, -0.25) is 4.90 Å². The summed E-state index contributed by atoms with van der Waals surface area (Å²) in [6, 6.07) is 4.57. The van der Waals surface area contributed by atoms with Gasteiger partial charge in [0.1, 0.15) is 0 Å². The van der Waals surface area contributed by atoms with Crippen LogP contribution in [-0.4, -0.2) is 30.6 Å². The van der Waals surface area contributed by atoms with E-state index in [2.05, 4.69) is 23.0 Å². The first kappa shape index (κ1) is 9.46. The van der Waals surface area contributed by atoms with Crippen molar-refractivity contribution in [2.45, 2.75) is 18.9 Å². The molecule has 0 bridgehead atoms. The number of hydrogen-bond donors (Lipinski definition) is 0. The minimum atomic E-state index is 0.485. The molecular weight excluding hydrogens is 176 g/mol. The first-order chi connectivity index (χ1) is 6.83. The van der Waals surface area contributed by atoms with Gasteiger partial charge in [0.15, 0.2) is 0 Å². The first-order valence-corrected chi connectivity index (χ1v) is 5.02. The van der Waals surface area contributed by atoms with E-state index in [9.17, 15) is 0 Å². The molecule has 0 amide bonds. The maximum atomic E-state index is 5.27. The van der Waals surface area contributed by atoms with Crippen LogP contribution in [0.4, 0.5) is 0 Å². The first-order valence-electron chi connectivity index (χ1n) is 5.02. The molecular formula is C11H16N2O. The van der Waals surface area contributed by atoms with Gasteiger partial charge in [0.2, 0.25) is 5.88 Å². The zero-order chi connectivity index (χ0) is 9.97. The van der Waals surface area contributed by atoms with E-state index in [1.165, 1.54) is 24.9 Å². The lowest BCUT2D eigenvalue weighted by molar-refractivity contribution is 0.302. The Kier molecular flexibility index (Phi) is 2.68. The second kappa shape index (κ2) is 3.96. The van der Waals surface area contributed by atoms with Gasteiger partial charge in [0.25, 0.3) is 0 Å². The highest BCUT2D eigenvalue weighted by molar-refractivity contribution is 5.29. The van der Waals surface area contributed by atoms with Crippen molar-refractivity contribution in [2.24, 2.45) is 0 Å². The Balaban J connectivity index is 2.30. The van der Waals surface area contributed by atoms with Crippen LogP contribution in [0.2, 0.25) is 0 Å². The molecule has 0 unspecified atom stereocenters. The molecule has 0 saturated carbocycles. The van der Waals surface area contributed by atoms with Crippen LogP contribution in [0.1, 0.15) is 24.4 Å². The van der Waals surface area contributed by atoms with Crippen LogP contribution in [0.3, 0.4) is 0 Å². The van der Waals surface area contributed by atoms with E-state index in [1.807, 2.05) is 6.07 Å². The molecule has 1 aliphatic heterocycles. The normalized spacial score (nSPS) is 22.6. The predicted octanol–water partition coefficient (Wildman–Crippen LogP) is 1.86. The number of hydrogen-bond acceptors (Lipinski definition) is 3. The number of aromatic nitrogens is 1. The van der Waals surface area contributed by atoms with E-state index in [4.69, 9.17) is 4.74 Å². The topological polar surface area (TPSA) is 25.4 Å². The zero-order valence-corrected chi connectivity index (χ0v) is 8.73. The molecule has 0 aromatic carbocycles. The molecule has 2 rings (SSSR count). The van der Waals surface area contributed by atoms with E-state index < -0.39 is 0 Å². The average Bonchev–Trinajstić information content (AvgIpc) is 2.64. The van der Waals surface area contributed by atoms with Crippen LogP contribution in [0.25, 0.3) is 0 Å². The lowest BCUT2D eigenvalue weighted by Gasteiger charge is -2.20. The minimum Gasteiger partial charge on any atom is -0.481 e. The van der Waals surface area contributed by atoms with Gasteiger partial charge in [-0.25, -0.2) is 4.98 Å². The van der Waals surface area contributed by atoms with Crippen molar-refractivity contribution in [1.82, 2.24) is 9.88 Å². The van der Waals surface area contributed by atoms with Gasteiger partial charge in [0.05, 0.1) is 7.11 Å². The molecule has 1 aromatic heterocycles. The van der Waals surface area contributed by atoms with Gasteiger partial charge in [-0.1, -0.05) is 6.07 Å². The van der Waals surface area contributed by atoms with Crippen LogP contribution in [0.5, 0.6) is 5.88 Å². The fourth-order valence-electron chi connectivity index (χ4n) is 2.13. The summed E-state index contributed by atoms with van der Waals surface area (Å²) < 4.78 is 5.27. The maximum absolute atomic E-state index is 5.27. The van der Waals surface area contributed by atoms with Crippen LogP contribution in [0.15, 0.2) is 18.3 Å². The monoisotopic (exact) mass is 192 g/mol. The third-order valence-electron chi connectivity index (χ3n) is 2.87. The Labute approximate surface area is 84.7 Å². The number of rotatable bonds is 2. The number of nitrogens with zero attached hydrogens (tertiary/aromatic N) is 2. The van der Waals surface area contributed by atoms with Crippen molar-refractivity contribution in [3.63, 3.8) is 0 Å². The Morgan fingerprint density at radius 1 is 1.57 bits per heavy atom. The van der Waals surface area contributed by atoms with E-state index in [1.54, 1.807) is 13.3 Å². The van der Waals surface area contributed by atoms with Crippen molar-refractivity contribution in [3.8, 4) is 5.88 Å². The van der Waals surface area contributed by atoms with Crippen molar-refractivity contribution in [1.29, 1.82) is 0 Å². The highest BCUT2D eigenvalue weighted by Crippen LogP contribution is 2.34. The summed E-state index contributed by atoms with van der Waals surface area (Å²) in [6.07, 6.45) is 4.25. The molecule has 1 aliphatic rings. The SMILES string of the molecule is COc1ncccc1[C@H]1CCCN1C. The summed E-state index contributed by atoms with van der Waals surface area (Å²) in [5.74, 6) is 0.770. The Morgan fingerprint density at radius 2 is 2.43 bits per heavy atom. The Morgan fingerprint density at radius 3 is 3.07 bits per heavy atom. The summed E-state index contributed by atoms with van der Waals surface area (Å²) in [6.45, 7) is 1.17. The largest absolute Gasteiger partial charge is 0.481 e. The molecule has 0 N–H and O–H groups in total. The zero-order valence-electron chi connectivity index (χ0n) is 8.73. The van der Waals surface area contributed by atoms with Gasteiger partial charge >= 0.3 is 0 Å². The smallest absolute Gasteiger partial charge is 0.217 e. The molecule has 1 atom stereocenters. The summed E-state index contributed by atoms with van der Waals surface area (Å²) in [7, 11) is 3.84. The average molecular weight is 192 g/mol. The van der Waals surface area contributed by atoms with Crippen molar-refractivity contribution < 1.29 is 4.74 Å². The lowest BCUT2D eigenvalue weighted by atomic mass is 10.1. The standard InChI is InChI=1S/C11H16N2O/c1-13-8-4-6-10(13)9-5-3-7-12-11(9)14-2/h3,5,7,10H,4,6,8H2,1-2H3/t10-/m1/s1. The van der Waals surface area contributed by atoms with Crippen molar-refractivity contribution >= 4 is 0 Å². The summed E-state index contributed by atoms with van der Waals surface area (Å²) in [4.78, 5) is 6.59. The van der Waals surface area contributed by atoms with Crippen LogP contribution in [-0.2, 0) is 0 Å². The molecule has 1 fully saturated rings. The molecule has 76 valence electrons. The summed E-state index contributed by atoms with van der Waals surface area (Å²) >= 11 is 0. The van der Waals surface area contributed by atoms with Crippen LogP contribution in [0, 0.1) is 0 Å². The quantitative estimate of drug-likeness (QED) is 0.715. The van der Waals surface area contributed by atoms with Gasteiger partial charge in [-0.15, -0.1) is 0 Å². The maximum Gasteiger partial charge on any atom is 0.217 e. The lowest BCUT2D eigenvalue weighted by Crippen LogP contribution is -2.18. The van der Waals surface area contributed by atoms with Crippen molar-refractivity contribution in [3.05, 3.63) is 23.9 Å². The van der Waals surface area contributed by atoms with Gasteiger partial charge in [-0.2, -0.15) is 0 Å². The highest BCUT2D eigenvalue weighted by Gasteiger charge is 2.25. The number of pyridine rings is 1. The molecule has 2 heterocycles. The highest BCUT2D eigenvalue weighted by atomic mass is 16.5. The molecule has 14 heavy (non-hydrogen) atoms. The summed E-state index contributed by atoms with van der Waals surface area (Å²) in [5, 5.41) is 0. The molecule has 1 aromatic rings. The number of likely N-dealkylation sites (tertiary alicyclic amines) is 1. The fourth-order valence-corrected chi connectivity index (χ4v) is 2.13. The van der Waals surface area contributed by atoms with Crippen LogP contribution < -0.4 is 4.74 Å². The Bertz CT molecular complexity index is 314. The van der Waals surface area contributed by atoms with Gasteiger partial charge in [-0.05, 0) is 32.5 Å². The molecule has 0 aliphatic carbocycles. The number of methoxy groups -OCH3 is 1. The van der Waals surface area contributed by atoms with E-state index in [-0.39, 0.29) is 0 Å². The van der Waals surface area contributed by atoms with Gasteiger partial charge < -0.3 is 4.74 Å². The van der Waals surface area contributed by atoms with E-state index in [0.717, 1.165) is 5.88 Å². The molecule has 3 heteroatoms. The molecule has 0 radical (unpaired) electrons. The van der Waals surface area contributed by atoms with Crippen LogP contribution >= 0.6 is 0 Å². The van der Waals surface area contributed by atoms with E-state index >= 15 is 0 Å². The summed E-state index contributed by atoms with van der Waals surface area (Å²) in [5.41, 5.74) is 1.22. The minimum absolute atomic E-state index is 0.485. The number of ether oxygens (including phenoxy) is 1. The fraction of sp³-hybridized carbons (Fsp3) is 0.545. The second-order valence-electron chi connectivity index (χ2n) is 3.74. The van der Waals surface area contributed by atoms with Crippen molar-refractivity contribution in [2.75, 3.05) is 20.7 Å².